The molecule has 2 aliphatic rings. The number of hydrogen-bond acceptors (Lipinski definition) is 3. The zero-order valence-electron chi connectivity index (χ0n) is 14.5. The summed E-state index contributed by atoms with van der Waals surface area (Å²) >= 11 is 3.62. The molecule has 0 spiro atoms. The van der Waals surface area contributed by atoms with Crippen molar-refractivity contribution in [2.75, 3.05) is 26.2 Å². The third-order valence-electron chi connectivity index (χ3n) is 5.19. The van der Waals surface area contributed by atoms with Gasteiger partial charge in [-0.25, -0.2) is 0 Å². The second kappa shape index (κ2) is 8.45. The van der Waals surface area contributed by atoms with Gasteiger partial charge in [0, 0.05) is 24.1 Å². The van der Waals surface area contributed by atoms with Gasteiger partial charge in [-0.3, -0.25) is 9.69 Å². The first-order chi connectivity index (χ1) is 11.6. The van der Waals surface area contributed by atoms with E-state index >= 15 is 0 Å². The van der Waals surface area contributed by atoms with Crippen LogP contribution in [0.4, 0.5) is 0 Å². The fourth-order valence-electron chi connectivity index (χ4n) is 3.73. The summed E-state index contributed by atoms with van der Waals surface area (Å²) in [6.07, 6.45) is 4.52. The second-order valence-electron chi connectivity index (χ2n) is 7.22. The largest absolute Gasteiger partial charge is 0.354 e. The highest BCUT2D eigenvalue weighted by atomic mass is 79.9. The highest BCUT2D eigenvalue weighted by Gasteiger charge is 2.24. The topological polar surface area (TPSA) is 44.4 Å². The number of hydrogen-bond donors (Lipinski definition) is 2. The van der Waals surface area contributed by atoms with E-state index in [-0.39, 0.29) is 11.9 Å². The van der Waals surface area contributed by atoms with Crippen LogP contribution in [0.2, 0.25) is 0 Å². The number of benzene rings is 1. The molecule has 2 atom stereocenters. The predicted molar refractivity (Wildman–Crippen MR) is 101 cm³/mol. The highest BCUT2D eigenvalue weighted by Crippen LogP contribution is 2.22. The molecule has 2 fully saturated rings. The predicted octanol–water partition coefficient (Wildman–Crippen LogP) is 2.84. The summed E-state index contributed by atoms with van der Waals surface area (Å²) in [5.74, 6) is 0.755. The molecule has 2 heterocycles. The number of carbonyl (C=O) groups is 1. The van der Waals surface area contributed by atoms with E-state index in [1.165, 1.54) is 28.4 Å². The van der Waals surface area contributed by atoms with Crippen LogP contribution in [-0.2, 0) is 11.3 Å². The maximum atomic E-state index is 12.1. The number of aryl methyl sites for hydroxylation is 1. The standard InChI is InChI=1S/C19H28BrN3O/c1-14-6-7-15(10-17(14)20)12-23-9-3-4-16(13-23)11-22-19(24)18-5-2-8-21-18/h6-7,10,16,18,21H,2-5,8-9,11-13H2,1H3,(H,22,24). The van der Waals surface area contributed by atoms with Gasteiger partial charge < -0.3 is 10.6 Å². The third kappa shape index (κ3) is 4.80. The molecule has 3 rings (SSSR count). The zero-order valence-corrected chi connectivity index (χ0v) is 16.1. The molecule has 1 aromatic carbocycles. The molecule has 2 N–H and O–H groups in total. The number of rotatable bonds is 5. The van der Waals surface area contributed by atoms with E-state index in [1.54, 1.807) is 0 Å². The second-order valence-corrected chi connectivity index (χ2v) is 8.08. The van der Waals surface area contributed by atoms with Crippen molar-refractivity contribution < 1.29 is 4.79 Å². The average Bonchev–Trinajstić information content (AvgIpc) is 3.11. The third-order valence-corrected chi connectivity index (χ3v) is 6.04. The summed E-state index contributed by atoms with van der Waals surface area (Å²) in [6.45, 7) is 7.12. The van der Waals surface area contributed by atoms with Crippen molar-refractivity contribution in [3.63, 3.8) is 0 Å². The molecule has 2 aliphatic heterocycles. The van der Waals surface area contributed by atoms with Crippen LogP contribution in [0.25, 0.3) is 0 Å². The Balaban J connectivity index is 1.47. The van der Waals surface area contributed by atoms with E-state index in [2.05, 4.69) is 56.6 Å². The Morgan fingerprint density at radius 3 is 3.00 bits per heavy atom. The number of amides is 1. The summed E-state index contributed by atoms with van der Waals surface area (Å²) < 4.78 is 1.19. The van der Waals surface area contributed by atoms with E-state index in [9.17, 15) is 4.79 Å². The molecule has 0 bridgehead atoms. The Hall–Kier alpha value is -0.910. The van der Waals surface area contributed by atoms with Crippen LogP contribution in [0, 0.1) is 12.8 Å². The smallest absolute Gasteiger partial charge is 0.237 e. The lowest BCUT2D eigenvalue weighted by molar-refractivity contribution is -0.123. The normalized spacial score (nSPS) is 24.9. The van der Waals surface area contributed by atoms with Crippen LogP contribution in [-0.4, -0.2) is 43.0 Å². The van der Waals surface area contributed by atoms with Crippen molar-refractivity contribution in [3.05, 3.63) is 33.8 Å². The Labute approximate surface area is 153 Å². The van der Waals surface area contributed by atoms with Crippen LogP contribution in [0.3, 0.4) is 0 Å². The van der Waals surface area contributed by atoms with E-state index in [0.29, 0.717) is 5.92 Å². The van der Waals surface area contributed by atoms with Gasteiger partial charge in [0.2, 0.25) is 5.91 Å². The monoisotopic (exact) mass is 393 g/mol. The molecule has 1 aromatic rings. The van der Waals surface area contributed by atoms with Crippen molar-refractivity contribution in [1.29, 1.82) is 0 Å². The first-order valence-corrected chi connectivity index (χ1v) is 9.89. The summed E-state index contributed by atoms with van der Waals surface area (Å²) in [5, 5.41) is 6.43. The molecular formula is C19H28BrN3O. The van der Waals surface area contributed by atoms with E-state index in [4.69, 9.17) is 0 Å². The molecule has 1 amide bonds. The quantitative estimate of drug-likeness (QED) is 0.808. The molecule has 4 nitrogen and oxygen atoms in total. The minimum absolute atomic E-state index is 0.0367. The maximum Gasteiger partial charge on any atom is 0.237 e. The van der Waals surface area contributed by atoms with Gasteiger partial charge in [-0.05, 0) is 68.8 Å². The molecule has 0 saturated carbocycles. The van der Waals surface area contributed by atoms with Crippen molar-refractivity contribution in [2.24, 2.45) is 5.92 Å². The lowest BCUT2D eigenvalue weighted by Crippen LogP contribution is -2.45. The van der Waals surface area contributed by atoms with Gasteiger partial charge in [-0.2, -0.15) is 0 Å². The zero-order chi connectivity index (χ0) is 16.9. The van der Waals surface area contributed by atoms with Gasteiger partial charge >= 0.3 is 0 Å². The molecule has 5 heteroatoms. The first-order valence-electron chi connectivity index (χ1n) is 9.10. The van der Waals surface area contributed by atoms with Gasteiger partial charge in [0.1, 0.15) is 0 Å². The van der Waals surface area contributed by atoms with Crippen molar-refractivity contribution in [2.45, 2.75) is 45.2 Å². The van der Waals surface area contributed by atoms with Gasteiger partial charge in [-0.15, -0.1) is 0 Å². The van der Waals surface area contributed by atoms with E-state index < -0.39 is 0 Å². The number of halogens is 1. The highest BCUT2D eigenvalue weighted by molar-refractivity contribution is 9.10. The Morgan fingerprint density at radius 1 is 1.38 bits per heavy atom. The number of carbonyl (C=O) groups excluding carboxylic acids is 1. The molecular weight excluding hydrogens is 366 g/mol. The van der Waals surface area contributed by atoms with Crippen molar-refractivity contribution in [3.8, 4) is 0 Å². The van der Waals surface area contributed by atoms with Crippen LogP contribution < -0.4 is 10.6 Å². The minimum Gasteiger partial charge on any atom is -0.354 e. The van der Waals surface area contributed by atoms with Crippen LogP contribution in [0.5, 0.6) is 0 Å². The van der Waals surface area contributed by atoms with Gasteiger partial charge in [0.05, 0.1) is 6.04 Å². The molecule has 0 aromatic heterocycles. The van der Waals surface area contributed by atoms with Crippen LogP contribution in [0.15, 0.2) is 22.7 Å². The summed E-state index contributed by atoms with van der Waals surface area (Å²) in [4.78, 5) is 14.7. The Bertz CT molecular complexity index is 572. The van der Waals surface area contributed by atoms with Gasteiger partial charge in [0.25, 0.3) is 0 Å². The molecule has 2 saturated heterocycles. The molecule has 2 unspecified atom stereocenters. The van der Waals surface area contributed by atoms with Crippen molar-refractivity contribution in [1.82, 2.24) is 15.5 Å². The van der Waals surface area contributed by atoms with E-state index in [1.807, 2.05) is 0 Å². The molecule has 24 heavy (non-hydrogen) atoms. The lowest BCUT2D eigenvalue weighted by atomic mass is 9.97. The summed E-state index contributed by atoms with van der Waals surface area (Å²) in [7, 11) is 0. The number of piperidine rings is 1. The number of nitrogens with one attached hydrogen (secondary N) is 2. The van der Waals surface area contributed by atoms with Gasteiger partial charge in [0.15, 0.2) is 0 Å². The van der Waals surface area contributed by atoms with E-state index in [0.717, 1.165) is 45.6 Å². The number of nitrogens with zero attached hydrogens (tertiary/aromatic N) is 1. The molecule has 0 radical (unpaired) electrons. The molecule has 0 aliphatic carbocycles. The Kier molecular flexibility index (Phi) is 6.31. The van der Waals surface area contributed by atoms with Crippen molar-refractivity contribution >= 4 is 21.8 Å². The fraction of sp³-hybridized carbons (Fsp3) is 0.632. The van der Waals surface area contributed by atoms with Crippen LogP contribution >= 0.6 is 15.9 Å². The lowest BCUT2D eigenvalue weighted by Gasteiger charge is -2.33. The SMILES string of the molecule is Cc1ccc(CN2CCCC(CNC(=O)C3CCCN3)C2)cc1Br. The maximum absolute atomic E-state index is 12.1. The average molecular weight is 394 g/mol. The van der Waals surface area contributed by atoms with Crippen LogP contribution in [0.1, 0.15) is 36.8 Å². The fourth-order valence-corrected chi connectivity index (χ4v) is 4.16. The summed E-state index contributed by atoms with van der Waals surface area (Å²) in [5.41, 5.74) is 2.63. The first kappa shape index (κ1) is 17.9. The minimum atomic E-state index is 0.0367. The summed E-state index contributed by atoms with van der Waals surface area (Å²) in [6, 6.07) is 6.66. The molecule has 132 valence electrons. The number of likely N-dealkylation sites (tertiary alicyclic amines) is 1. The van der Waals surface area contributed by atoms with Gasteiger partial charge in [-0.1, -0.05) is 28.1 Å². The Morgan fingerprint density at radius 2 is 2.25 bits per heavy atom.